The van der Waals surface area contributed by atoms with E-state index in [4.69, 9.17) is 4.98 Å². The molecule has 0 N–H and O–H groups in total. The quantitative estimate of drug-likeness (QED) is 0.138. The molecule has 4 nitrogen and oxygen atoms in total. The second-order valence-electron chi connectivity index (χ2n) is 12.5. The second kappa shape index (κ2) is 11.9. The van der Waals surface area contributed by atoms with Crippen LogP contribution in [0, 0.1) is 33.3 Å². The van der Waals surface area contributed by atoms with Gasteiger partial charge in [-0.25, -0.2) is 4.98 Å². The molecule has 1 aliphatic rings. The molecule has 6 aromatic carbocycles. The molecule has 0 atom stereocenters. The minimum Gasteiger partial charge on any atom is -0.335 e. The molecule has 0 unspecified atom stereocenters. The van der Waals surface area contributed by atoms with Crippen LogP contribution >= 0.6 is 0 Å². The van der Waals surface area contributed by atoms with E-state index in [0.29, 0.717) is 0 Å². The topological polar surface area (TPSA) is 26.6 Å². The fourth-order valence-electron chi connectivity index (χ4n) is 7.51. The molecule has 50 heavy (non-hydrogen) atoms. The van der Waals surface area contributed by atoms with Crippen molar-refractivity contribution in [3.05, 3.63) is 195 Å². The summed E-state index contributed by atoms with van der Waals surface area (Å²) in [5, 5.41) is 9.09. The molecule has 3 aromatic heterocycles. The first kappa shape index (κ1) is 30.2. The maximum Gasteiger partial charge on any atom is 0.242 e. The fourth-order valence-corrected chi connectivity index (χ4v) is 7.51. The predicted octanol–water partition coefficient (Wildman–Crippen LogP) is 7.12. The van der Waals surface area contributed by atoms with Crippen LogP contribution in [-0.2, 0) is 28.1 Å². The van der Waals surface area contributed by atoms with Crippen LogP contribution in [0.3, 0.4) is 0 Å². The maximum absolute atomic E-state index is 4.75. The number of imidazole rings is 1. The molecule has 0 spiro atoms. The zero-order chi connectivity index (χ0) is 32.5. The van der Waals surface area contributed by atoms with E-state index in [1.807, 2.05) is 25.4 Å². The summed E-state index contributed by atoms with van der Waals surface area (Å²) in [4.78, 5) is 4.75. The van der Waals surface area contributed by atoms with E-state index in [9.17, 15) is 0 Å². The Morgan fingerprint density at radius 2 is 1.24 bits per heavy atom. The largest absolute Gasteiger partial charge is 0.335 e. The Morgan fingerprint density at radius 3 is 2.04 bits per heavy atom. The molecular weight excluding hydrogens is 792 g/mol. The predicted molar refractivity (Wildman–Crippen MR) is 194 cm³/mol. The Kier molecular flexibility index (Phi) is 7.22. The molecule has 5 heteroatoms. The van der Waals surface area contributed by atoms with E-state index in [1.165, 1.54) is 21.0 Å². The first-order valence-corrected chi connectivity index (χ1v) is 16.5. The van der Waals surface area contributed by atoms with Crippen LogP contribution in [0.4, 0.5) is 0 Å². The molecule has 0 saturated carbocycles. The Morgan fingerprint density at radius 1 is 0.580 bits per heavy atom. The average Bonchev–Trinajstić information content (AvgIpc) is 3.67. The van der Waals surface area contributed by atoms with E-state index < -0.39 is 0 Å². The first-order chi connectivity index (χ1) is 24.2. The van der Waals surface area contributed by atoms with E-state index in [0.717, 1.165) is 65.8 Å². The SMILES string of the molecule is C[n+]1[c-]n(C2=c3\cccc\c3=c3/cccc/c3=c3\cccc(-c4[c-]c5c(cc4)c4ccccc4n5-c4ccccn4)\c3=[C-]\2)c2ccccc21.[Pt]. The van der Waals surface area contributed by atoms with Crippen molar-refractivity contribution in [1.82, 2.24) is 14.1 Å². The summed E-state index contributed by atoms with van der Waals surface area (Å²) in [6.07, 6.45) is 9.45. The minimum atomic E-state index is 0. The van der Waals surface area contributed by atoms with Crippen molar-refractivity contribution in [3.8, 4) is 16.9 Å². The first-order valence-electron chi connectivity index (χ1n) is 16.5. The zero-order valence-electron chi connectivity index (χ0n) is 27.0. The molecule has 0 bridgehead atoms. The third-order valence-corrected chi connectivity index (χ3v) is 9.71. The summed E-state index contributed by atoms with van der Waals surface area (Å²) < 4.78 is 6.44. The monoisotopic (exact) mass is 819 g/mol. The number of aromatic nitrogens is 4. The van der Waals surface area contributed by atoms with Gasteiger partial charge in [-0.05, 0) is 40.0 Å². The van der Waals surface area contributed by atoms with Crippen LogP contribution < -0.4 is 15.0 Å². The zero-order valence-corrected chi connectivity index (χ0v) is 29.3. The molecule has 240 valence electrons. The Labute approximate surface area is 302 Å². The standard InChI is InChI=1S/C45H28N4.Pt/c1-47-29-48(42-22-9-8-21-41(42)47)43-28-39-31(18-12-19-35(39)33-14-3-2-13-32(33)34-15-4-5-16-36(34)43)30-24-25-38-37-17-6-7-20-40(37)49(44(38)27-30)45-23-10-11-26-46-45;/h2-26H,1H3;/q-2;/b34-32-,35-33-,43-36+;. The van der Waals surface area contributed by atoms with Gasteiger partial charge in [0.1, 0.15) is 5.82 Å². The van der Waals surface area contributed by atoms with Crippen LogP contribution in [0.2, 0.25) is 0 Å². The number of rotatable bonds is 3. The van der Waals surface area contributed by atoms with Crippen molar-refractivity contribution in [2.24, 2.45) is 7.05 Å². The number of hydrogen-bond acceptors (Lipinski definition) is 1. The summed E-state index contributed by atoms with van der Waals surface area (Å²) in [5.74, 6) is 0.868. The van der Waals surface area contributed by atoms with E-state index in [1.54, 1.807) is 0 Å². The van der Waals surface area contributed by atoms with Crippen molar-refractivity contribution >= 4 is 44.6 Å². The van der Waals surface area contributed by atoms with Crippen molar-refractivity contribution in [2.75, 3.05) is 0 Å². The Bertz CT molecular complexity index is 3120. The smallest absolute Gasteiger partial charge is 0.242 e. The number of fused-ring (bicyclic) bond motifs is 7. The summed E-state index contributed by atoms with van der Waals surface area (Å²) >= 11 is 0. The van der Waals surface area contributed by atoms with Gasteiger partial charge in [0.15, 0.2) is 0 Å². The van der Waals surface area contributed by atoms with Crippen molar-refractivity contribution in [3.63, 3.8) is 0 Å². The van der Waals surface area contributed by atoms with Gasteiger partial charge >= 0.3 is 0 Å². The summed E-state index contributed by atoms with van der Waals surface area (Å²) in [5.41, 5.74) is 7.27. The van der Waals surface area contributed by atoms with Gasteiger partial charge in [0.05, 0.1) is 18.1 Å². The summed E-state index contributed by atoms with van der Waals surface area (Å²) in [6.45, 7) is 0. The Balaban J connectivity index is 0.00000336. The van der Waals surface area contributed by atoms with E-state index in [-0.39, 0.29) is 21.1 Å². The molecule has 0 fully saturated rings. The van der Waals surface area contributed by atoms with E-state index >= 15 is 0 Å². The molecule has 10 rings (SSSR count). The van der Waals surface area contributed by atoms with Crippen LogP contribution in [-0.4, -0.2) is 14.1 Å². The molecule has 0 saturated heterocycles. The van der Waals surface area contributed by atoms with Gasteiger partial charge < -0.3 is 13.7 Å². The average molecular weight is 820 g/mol. The number of hydrogen-bond donors (Lipinski definition) is 0. The van der Waals surface area contributed by atoms with Gasteiger partial charge in [0.25, 0.3) is 0 Å². The van der Waals surface area contributed by atoms with Gasteiger partial charge in [-0.2, -0.15) is 0 Å². The fraction of sp³-hybridized carbons (Fsp3) is 0.0222. The van der Waals surface area contributed by atoms with Crippen LogP contribution in [0.25, 0.3) is 61.6 Å². The Hall–Kier alpha value is -5.83. The molecule has 3 heterocycles. The van der Waals surface area contributed by atoms with Crippen molar-refractivity contribution in [1.29, 1.82) is 0 Å². The number of pyridine rings is 1. The van der Waals surface area contributed by atoms with Gasteiger partial charge in [0, 0.05) is 32.8 Å². The van der Waals surface area contributed by atoms with Crippen molar-refractivity contribution < 1.29 is 25.6 Å². The minimum absolute atomic E-state index is 0. The number of para-hydroxylation sites is 3. The number of nitrogens with zero attached hydrogens (tertiary/aromatic N) is 4. The second-order valence-corrected chi connectivity index (χ2v) is 12.5. The molecular formula is C45H28N4Pt-2. The van der Waals surface area contributed by atoms with Gasteiger partial charge in [0.2, 0.25) is 6.33 Å². The van der Waals surface area contributed by atoms with Crippen LogP contribution in [0.1, 0.15) is 0 Å². The van der Waals surface area contributed by atoms with Gasteiger partial charge in [-0.15, -0.1) is 46.7 Å². The van der Waals surface area contributed by atoms with Gasteiger partial charge in [-0.3, -0.25) is 0 Å². The molecule has 0 amide bonds. The number of aryl methyl sites for hydroxylation is 1. The van der Waals surface area contributed by atoms with Crippen LogP contribution in [0.5, 0.6) is 0 Å². The third kappa shape index (κ3) is 4.56. The van der Waals surface area contributed by atoms with Crippen molar-refractivity contribution in [2.45, 2.75) is 0 Å². The number of benzene rings is 6. The molecule has 0 radical (unpaired) electrons. The third-order valence-electron chi connectivity index (χ3n) is 9.71. The molecule has 1 aliphatic carbocycles. The summed E-state index contributed by atoms with van der Waals surface area (Å²) in [7, 11) is 2.05. The molecule has 9 aromatic rings. The molecule has 0 aliphatic heterocycles. The maximum atomic E-state index is 4.75. The van der Waals surface area contributed by atoms with Crippen LogP contribution in [0.15, 0.2) is 152 Å². The normalized spacial score (nSPS) is 15.3. The summed E-state index contributed by atoms with van der Waals surface area (Å²) in [6, 6.07) is 55.2. The van der Waals surface area contributed by atoms with E-state index in [2.05, 4.69) is 166 Å². The van der Waals surface area contributed by atoms with Gasteiger partial charge in [-0.1, -0.05) is 135 Å².